The quantitative estimate of drug-likeness (QED) is 0.622. The lowest BCUT2D eigenvalue weighted by Gasteiger charge is -2.33. The number of anilines is 1. The Bertz CT molecular complexity index is 1200. The van der Waals surface area contributed by atoms with Crippen LogP contribution in [0.1, 0.15) is 46.4 Å². The Morgan fingerprint density at radius 1 is 0.788 bits per heavy atom. The van der Waals surface area contributed by atoms with E-state index in [0.717, 1.165) is 23.6 Å². The van der Waals surface area contributed by atoms with Crippen LogP contribution in [0.3, 0.4) is 0 Å². The van der Waals surface area contributed by atoms with Gasteiger partial charge in [-0.3, -0.25) is 14.4 Å². The molecule has 0 radical (unpaired) electrons. The standard InChI is InChI=1S/C27H27N3O3/c31-25(18-6-2-1-3-7-18)28-22-12-14-30(15-13-22)27(33)23-16-20-8-4-5-9-21(20)17-24(23)29-26(32)19-10-11-19/h1-9,16-17,19,22H,10-15H2,(H,28,31)(H,29,32). The zero-order valence-electron chi connectivity index (χ0n) is 18.4. The zero-order valence-corrected chi connectivity index (χ0v) is 18.4. The van der Waals surface area contributed by atoms with Gasteiger partial charge in [0.1, 0.15) is 0 Å². The molecule has 3 aromatic carbocycles. The first kappa shape index (κ1) is 21.2. The van der Waals surface area contributed by atoms with Crippen LogP contribution in [0.25, 0.3) is 10.8 Å². The van der Waals surface area contributed by atoms with Crippen molar-refractivity contribution in [2.24, 2.45) is 5.92 Å². The molecule has 1 heterocycles. The van der Waals surface area contributed by atoms with Crippen molar-refractivity contribution in [3.63, 3.8) is 0 Å². The summed E-state index contributed by atoms with van der Waals surface area (Å²) < 4.78 is 0. The summed E-state index contributed by atoms with van der Waals surface area (Å²) in [6.45, 7) is 1.11. The Morgan fingerprint density at radius 2 is 1.42 bits per heavy atom. The van der Waals surface area contributed by atoms with Crippen molar-refractivity contribution in [2.45, 2.75) is 31.7 Å². The number of carbonyl (C=O) groups is 3. The highest BCUT2D eigenvalue weighted by Crippen LogP contribution is 2.32. The van der Waals surface area contributed by atoms with Gasteiger partial charge in [0.15, 0.2) is 0 Å². The van der Waals surface area contributed by atoms with E-state index in [-0.39, 0.29) is 29.7 Å². The molecule has 0 aromatic heterocycles. The molecule has 0 atom stereocenters. The molecule has 33 heavy (non-hydrogen) atoms. The summed E-state index contributed by atoms with van der Waals surface area (Å²) in [5, 5.41) is 8.03. The summed E-state index contributed by atoms with van der Waals surface area (Å²) in [4.78, 5) is 40.2. The zero-order chi connectivity index (χ0) is 22.8. The van der Waals surface area contributed by atoms with Crippen LogP contribution in [-0.4, -0.2) is 41.8 Å². The molecule has 2 aliphatic rings. The van der Waals surface area contributed by atoms with Gasteiger partial charge in [0.05, 0.1) is 11.3 Å². The first-order valence-corrected chi connectivity index (χ1v) is 11.6. The van der Waals surface area contributed by atoms with Crippen LogP contribution in [0, 0.1) is 5.92 Å². The van der Waals surface area contributed by atoms with E-state index in [1.54, 1.807) is 12.1 Å². The molecule has 6 heteroatoms. The first-order valence-electron chi connectivity index (χ1n) is 11.6. The van der Waals surface area contributed by atoms with Crippen LogP contribution in [0.15, 0.2) is 66.7 Å². The van der Waals surface area contributed by atoms with E-state index in [1.165, 1.54) is 0 Å². The Kier molecular flexibility index (Phi) is 5.82. The summed E-state index contributed by atoms with van der Waals surface area (Å²) in [5.74, 6) is -0.121. The Morgan fingerprint density at radius 3 is 2.09 bits per heavy atom. The van der Waals surface area contributed by atoms with Crippen molar-refractivity contribution in [3.8, 4) is 0 Å². The highest BCUT2D eigenvalue weighted by molar-refractivity contribution is 6.08. The molecule has 168 valence electrons. The number of fused-ring (bicyclic) bond motifs is 1. The van der Waals surface area contributed by atoms with Gasteiger partial charge in [0, 0.05) is 30.6 Å². The number of rotatable bonds is 5. The van der Waals surface area contributed by atoms with Crippen molar-refractivity contribution in [1.29, 1.82) is 0 Å². The maximum Gasteiger partial charge on any atom is 0.255 e. The van der Waals surface area contributed by atoms with E-state index < -0.39 is 0 Å². The van der Waals surface area contributed by atoms with Crippen LogP contribution in [0.2, 0.25) is 0 Å². The predicted molar refractivity (Wildman–Crippen MR) is 128 cm³/mol. The molecule has 1 aliphatic carbocycles. The van der Waals surface area contributed by atoms with Crippen LogP contribution in [-0.2, 0) is 4.79 Å². The monoisotopic (exact) mass is 441 g/mol. The van der Waals surface area contributed by atoms with E-state index >= 15 is 0 Å². The van der Waals surface area contributed by atoms with Gasteiger partial charge in [-0.2, -0.15) is 0 Å². The molecule has 2 N–H and O–H groups in total. The molecule has 1 saturated carbocycles. The normalized spacial score (nSPS) is 16.4. The second-order valence-electron chi connectivity index (χ2n) is 8.91. The number of nitrogens with one attached hydrogen (secondary N) is 2. The molecule has 6 nitrogen and oxygen atoms in total. The molecule has 2 fully saturated rings. The van der Waals surface area contributed by atoms with E-state index in [9.17, 15) is 14.4 Å². The van der Waals surface area contributed by atoms with E-state index in [4.69, 9.17) is 0 Å². The number of piperidine rings is 1. The fraction of sp³-hybridized carbons (Fsp3) is 0.296. The molecule has 0 spiro atoms. The highest BCUT2D eigenvalue weighted by atomic mass is 16.2. The van der Waals surface area contributed by atoms with Crippen LogP contribution >= 0.6 is 0 Å². The Hall–Kier alpha value is -3.67. The number of carbonyl (C=O) groups excluding carboxylic acids is 3. The third-order valence-electron chi connectivity index (χ3n) is 6.48. The smallest absolute Gasteiger partial charge is 0.255 e. The van der Waals surface area contributed by atoms with Crippen molar-refractivity contribution in [1.82, 2.24) is 10.2 Å². The van der Waals surface area contributed by atoms with Gasteiger partial charge in [-0.25, -0.2) is 0 Å². The number of hydrogen-bond donors (Lipinski definition) is 2. The average molecular weight is 442 g/mol. The van der Waals surface area contributed by atoms with Gasteiger partial charge in [-0.15, -0.1) is 0 Å². The lowest BCUT2D eigenvalue weighted by Crippen LogP contribution is -2.46. The minimum Gasteiger partial charge on any atom is -0.349 e. The second-order valence-corrected chi connectivity index (χ2v) is 8.91. The minimum atomic E-state index is -0.0836. The van der Waals surface area contributed by atoms with Crippen LogP contribution < -0.4 is 10.6 Å². The van der Waals surface area contributed by atoms with Gasteiger partial charge in [0.25, 0.3) is 11.8 Å². The van der Waals surface area contributed by atoms with Crippen molar-refractivity contribution >= 4 is 34.2 Å². The molecule has 0 bridgehead atoms. The van der Waals surface area contributed by atoms with Gasteiger partial charge >= 0.3 is 0 Å². The van der Waals surface area contributed by atoms with Gasteiger partial charge in [0.2, 0.25) is 5.91 Å². The van der Waals surface area contributed by atoms with Crippen LogP contribution in [0.5, 0.6) is 0 Å². The number of hydrogen-bond acceptors (Lipinski definition) is 3. The van der Waals surface area contributed by atoms with Crippen molar-refractivity contribution < 1.29 is 14.4 Å². The lowest BCUT2D eigenvalue weighted by atomic mass is 10.0. The third-order valence-corrected chi connectivity index (χ3v) is 6.48. The van der Waals surface area contributed by atoms with Gasteiger partial charge in [-0.05, 0) is 60.7 Å². The molecule has 1 saturated heterocycles. The van der Waals surface area contributed by atoms with Gasteiger partial charge < -0.3 is 15.5 Å². The largest absolute Gasteiger partial charge is 0.349 e. The SMILES string of the molecule is O=C(NC1CCN(C(=O)c2cc3ccccc3cc2NC(=O)C2CC2)CC1)c1ccccc1. The lowest BCUT2D eigenvalue weighted by molar-refractivity contribution is -0.117. The number of benzene rings is 3. The molecule has 0 unspecified atom stereocenters. The fourth-order valence-electron chi connectivity index (χ4n) is 4.36. The molecule has 5 rings (SSSR count). The second kappa shape index (κ2) is 9.06. The van der Waals surface area contributed by atoms with Crippen molar-refractivity contribution in [2.75, 3.05) is 18.4 Å². The Labute approximate surface area is 193 Å². The maximum atomic E-state index is 13.5. The Balaban J connectivity index is 1.29. The maximum absolute atomic E-state index is 13.5. The van der Waals surface area contributed by atoms with Crippen molar-refractivity contribution in [3.05, 3.63) is 77.9 Å². The van der Waals surface area contributed by atoms with E-state index in [1.807, 2.05) is 59.5 Å². The summed E-state index contributed by atoms with van der Waals surface area (Å²) in [6.07, 6.45) is 3.21. The minimum absolute atomic E-state index is 0.0123. The van der Waals surface area contributed by atoms with E-state index in [0.29, 0.717) is 42.7 Å². The molecular weight excluding hydrogens is 414 g/mol. The van der Waals surface area contributed by atoms with Gasteiger partial charge in [-0.1, -0.05) is 42.5 Å². The fourth-order valence-corrected chi connectivity index (χ4v) is 4.36. The third kappa shape index (κ3) is 4.75. The number of amides is 3. The highest BCUT2D eigenvalue weighted by Gasteiger charge is 2.31. The summed E-state index contributed by atoms with van der Waals surface area (Å²) >= 11 is 0. The van der Waals surface area contributed by atoms with Crippen LogP contribution in [0.4, 0.5) is 5.69 Å². The summed E-state index contributed by atoms with van der Waals surface area (Å²) in [7, 11) is 0. The number of likely N-dealkylation sites (tertiary alicyclic amines) is 1. The predicted octanol–water partition coefficient (Wildman–Crippen LogP) is 4.22. The summed E-state index contributed by atoms with van der Waals surface area (Å²) in [5.41, 5.74) is 1.74. The topological polar surface area (TPSA) is 78.5 Å². The summed E-state index contributed by atoms with van der Waals surface area (Å²) in [6, 6.07) is 20.8. The molecule has 1 aliphatic heterocycles. The molecular formula is C27H27N3O3. The molecule has 3 aromatic rings. The number of nitrogens with zero attached hydrogens (tertiary/aromatic N) is 1. The molecule has 3 amide bonds. The van der Waals surface area contributed by atoms with E-state index in [2.05, 4.69) is 10.6 Å². The average Bonchev–Trinajstić information content (AvgIpc) is 3.70. The first-order chi connectivity index (χ1) is 16.1.